The van der Waals surface area contributed by atoms with Crippen LogP contribution >= 0.6 is 15.9 Å². The Kier molecular flexibility index (Phi) is 3.14. The van der Waals surface area contributed by atoms with Gasteiger partial charge in [0.2, 0.25) is 5.88 Å². The van der Waals surface area contributed by atoms with E-state index in [0.717, 1.165) is 4.47 Å². The molecule has 0 amide bonds. The van der Waals surface area contributed by atoms with E-state index in [4.69, 9.17) is 4.74 Å². The van der Waals surface area contributed by atoms with Crippen molar-refractivity contribution in [1.82, 2.24) is 9.97 Å². The topological polar surface area (TPSA) is 75.2 Å². The lowest BCUT2D eigenvalue weighted by molar-refractivity contribution is 0.362. The molecule has 6 heteroatoms. The van der Waals surface area contributed by atoms with E-state index in [2.05, 4.69) is 25.9 Å². The number of halogens is 1. The predicted octanol–water partition coefficient (Wildman–Crippen LogP) is 1.91. The molecule has 0 spiro atoms. The summed E-state index contributed by atoms with van der Waals surface area (Å²) in [6.45, 7) is 0. The van der Waals surface area contributed by atoms with Gasteiger partial charge in [-0.2, -0.15) is 4.98 Å². The lowest BCUT2D eigenvalue weighted by Gasteiger charge is -2.05. The largest absolute Gasteiger partial charge is 0.493 e. The number of hydrogen-bond acceptors (Lipinski definition) is 4. The first-order valence-corrected chi connectivity index (χ1v) is 5.54. The number of aromatic nitrogens is 2. The summed E-state index contributed by atoms with van der Waals surface area (Å²) in [5.74, 6) is -0.354. The third-order valence-electron chi connectivity index (χ3n) is 2.20. The molecule has 0 aliphatic rings. The van der Waals surface area contributed by atoms with Crippen molar-refractivity contribution in [3.8, 4) is 23.0 Å². The van der Waals surface area contributed by atoms with Gasteiger partial charge in [-0.05, 0) is 17.7 Å². The van der Waals surface area contributed by atoms with Gasteiger partial charge in [0.05, 0.1) is 7.11 Å². The van der Waals surface area contributed by atoms with Gasteiger partial charge in [-0.25, -0.2) is 0 Å². The lowest BCUT2D eigenvalue weighted by Crippen LogP contribution is -2.11. The number of methoxy groups -OCH3 is 1. The molecule has 2 aromatic rings. The van der Waals surface area contributed by atoms with Gasteiger partial charge >= 0.3 is 0 Å². The molecule has 0 saturated carbocycles. The van der Waals surface area contributed by atoms with E-state index in [1.165, 1.54) is 7.11 Å². The summed E-state index contributed by atoms with van der Waals surface area (Å²) in [6.07, 6.45) is 0. The summed E-state index contributed by atoms with van der Waals surface area (Å²) in [4.78, 5) is 17.9. The van der Waals surface area contributed by atoms with Crippen LogP contribution in [0.4, 0.5) is 0 Å². The molecule has 1 aromatic heterocycles. The summed E-state index contributed by atoms with van der Waals surface area (Å²) in [7, 11) is 1.36. The summed E-state index contributed by atoms with van der Waals surface area (Å²) >= 11 is 3.29. The number of aromatic hydroxyl groups is 1. The van der Waals surface area contributed by atoms with E-state index in [9.17, 15) is 9.90 Å². The molecule has 17 heavy (non-hydrogen) atoms. The molecular formula is C11H9BrN2O3. The Morgan fingerprint density at radius 1 is 1.35 bits per heavy atom. The van der Waals surface area contributed by atoms with Gasteiger partial charge in [0.1, 0.15) is 5.56 Å². The predicted molar refractivity (Wildman–Crippen MR) is 66.2 cm³/mol. The monoisotopic (exact) mass is 296 g/mol. The van der Waals surface area contributed by atoms with Crippen molar-refractivity contribution in [1.29, 1.82) is 0 Å². The van der Waals surface area contributed by atoms with Crippen LogP contribution in [0.15, 0.2) is 33.5 Å². The number of nitrogens with one attached hydrogen (secondary N) is 1. The maximum absolute atomic E-state index is 11.8. The Morgan fingerprint density at radius 2 is 2.00 bits per heavy atom. The number of aromatic amines is 1. The standard InChI is InChI=1S/C11H9BrN2O3/c1-17-11-13-9(15)8(10(16)14-11)6-2-4-7(12)5-3-6/h2-5H,1H3,(H2,13,14,15,16). The van der Waals surface area contributed by atoms with Crippen LogP contribution in [0.3, 0.4) is 0 Å². The lowest BCUT2D eigenvalue weighted by atomic mass is 10.1. The molecule has 0 bridgehead atoms. The molecule has 0 unspecified atom stereocenters. The molecule has 0 aliphatic carbocycles. The van der Waals surface area contributed by atoms with Crippen molar-refractivity contribution in [2.45, 2.75) is 0 Å². The Bertz CT molecular complexity index is 593. The average Bonchev–Trinajstić information content (AvgIpc) is 2.30. The van der Waals surface area contributed by atoms with Gasteiger partial charge in [-0.15, -0.1) is 0 Å². The molecule has 0 saturated heterocycles. The van der Waals surface area contributed by atoms with Crippen molar-refractivity contribution < 1.29 is 9.84 Å². The first-order chi connectivity index (χ1) is 8.11. The van der Waals surface area contributed by atoms with Crippen LogP contribution in [0.25, 0.3) is 11.1 Å². The smallest absolute Gasteiger partial charge is 0.299 e. The summed E-state index contributed by atoms with van der Waals surface area (Å²) < 4.78 is 5.64. The van der Waals surface area contributed by atoms with Crippen LogP contribution in [-0.2, 0) is 0 Å². The minimum atomic E-state index is -0.448. The second kappa shape index (κ2) is 4.58. The number of H-pyrrole nitrogens is 1. The van der Waals surface area contributed by atoms with Gasteiger partial charge in [-0.3, -0.25) is 9.78 Å². The van der Waals surface area contributed by atoms with Crippen LogP contribution in [0.1, 0.15) is 0 Å². The molecule has 5 nitrogen and oxygen atoms in total. The first-order valence-electron chi connectivity index (χ1n) is 4.75. The first kappa shape index (κ1) is 11.7. The van der Waals surface area contributed by atoms with Crippen molar-refractivity contribution >= 4 is 15.9 Å². The fourth-order valence-corrected chi connectivity index (χ4v) is 1.68. The summed E-state index contributed by atoms with van der Waals surface area (Å²) in [5, 5.41) is 9.70. The highest BCUT2D eigenvalue weighted by Gasteiger charge is 2.12. The highest BCUT2D eigenvalue weighted by Crippen LogP contribution is 2.25. The summed E-state index contributed by atoms with van der Waals surface area (Å²) in [5.41, 5.74) is 0.261. The molecule has 88 valence electrons. The van der Waals surface area contributed by atoms with E-state index in [1.807, 2.05) is 0 Å². The Labute approximate surface area is 105 Å². The van der Waals surface area contributed by atoms with E-state index in [-0.39, 0.29) is 17.5 Å². The molecule has 0 atom stereocenters. The number of ether oxygens (including phenoxy) is 1. The van der Waals surface area contributed by atoms with Crippen LogP contribution in [0.5, 0.6) is 11.9 Å². The second-order valence-electron chi connectivity index (χ2n) is 3.28. The molecular weight excluding hydrogens is 288 g/mol. The summed E-state index contributed by atoms with van der Waals surface area (Å²) in [6, 6.07) is 6.95. The van der Waals surface area contributed by atoms with Crippen LogP contribution < -0.4 is 10.3 Å². The Morgan fingerprint density at radius 3 is 2.53 bits per heavy atom. The Balaban J connectivity index is 2.60. The molecule has 2 N–H and O–H groups in total. The van der Waals surface area contributed by atoms with Gasteiger partial charge in [0.25, 0.3) is 11.6 Å². The Hall–Kier alpha value is -1.82. The van der Waals surface area contributed by atoms with Crippen molar-refractivity contribution in [3.63, 3.8) is 0 Å². The average molecular weight is 297 g/mol. The van der Waals surface area contributed by atoms with Gasteiger partial charge in [-0.1, -0.05) is 28.1 Å². The minimum absolute atomic E-state index is 0.0200. The molecule has 2 rings (SSSR count). The fraction of sp³-hybridized carbons (Fsp3) is 0.0909. The third kappa shape index (κ3) is 2.31. The normalized spacial score (nSPS) is 10.2. The minimum Gasteiger partial charge on any atom is -0.493 e. The fourth-order valence-electron chi connectivity index (χ4n) is 1.41. The third-order valence-corrected chi connectivity index (χ3v) is 2.73. The van der Waals surface area contributed by atoms with Crippen molar-refractivity contribution in [3.05, 3.63) is 39.1 Å². The number of hydrogen-bond donors (Lipinski definition) is 2. The zero-order valence-electron chi connectivity index (χ0n) is 8.90. The molecule has 1 aromatic carbocycles. The molecule has 1 heterocycles. The van der Waals surface area contributed by atoms with E-state index in [0.29, 0.717) is 5.56 Å². The highest BCUT2D eigenvalue weighted by molar-refractivity contribution is 9.10. The number of benzene rings is 1. The van der Waals surface area contributed by atoms with E-state index in [1.54, 1.807) is 24.3 Å². The maximum atomic E-state index is 11.8. The number of rotatable bonds is 2. The molecule has 0 aliphatic heterocycles. The van der Waals surface area contributed by atoms with Crippen LogP contribution in [-0.4, -0.2) is 22.2 Å². The van der Waals surface area contributed by atoms with Crippen LogP contribution in [0, 0.1) is 0 Å². The van der Waals surface area contributed by atoms with E-state index >= 15 is 0 Å². The van der Waals surface area contributed by atoms with Crippen molar-refractivity contribution in [2.24, 2.45) is 0 Å². The SMILES string of the molecule is COc1nc(O)c(-c2ccc(Br)cc2)c(=O)[nH]1. The maximum Gasteiger partial charge on any atom is 0.299 e. The highest BCUT2D eigenvalue weighted by atomic mass is 79.9. The molecule has 0 radical (unpaired) electrons. The van der Waals surface area contributed by atoms with E-state index < -0.39 is 5.56 Å². The second-order valence-corrected chi connectivity index (χ2v) is 4.20. The zero-order valence-corrected chi connectivity index (χ0v) is 10.5. The van der Waals surface area contributed by atoms with Gasteiger partial charge in [0.15, 0.2) is 0 Å². The molecule has 0 fully saturated rings. The van der Waals surface area contributed by atoms with Gasteiger partial charge in [0, 0.05) is 4.47 Å². The zero-order chi connectivity index (χ0) is 12.4. The number of nitrogens with zero attached hydrogens (tertiary/aromatic N) is 1. The van der Waals surface area contributed by atoms with Crippen molar-refractivity contribution in [2.75, 3.05) is 7.11 Å². The quantitative estimate of drug-likeness (QED) is 0.888. The van der Waals surface area contributed by atoms with Crippen LogP contribution in [0.2, 0.25) is 0 Å². The van der Waals surface area contributed by atoms with Gasteiger partial charge < -0.3 is 9.84 Å².